The van der Waals surface area contributed by atoms with Gasteiger partial charge in [0, 0.05) is 5.57 Å². The van der Waals surface area contributed by atoms with Gasteiger partial charge >= 0.3 is 5.97 Å². The summed E-state index contributed by atoms with van der Waals surface area (Å²) in [5.74, 6) is 0.0508. The molecule has 0 heterocycles. The van der Waals surface area contributed by atoms with Crippen molar-refractivity contribution in [2.45, 2.75) is 6.92 Å². The van der Waals surface area contributed by atoms with Gasteiger partial charge in [0.25, 0.3) is 0 Å². The van der Waals surface area contributed by atoms with Gasteiger partial charge in [-0.1, -0.05) is 38.0 Å². The Balaban J connectivity index is 2.99. The Morgan fingerprint density at radius 3 is 2.38 bits per heavy atom. The molecule has 0 spiro atoms. The molecule has 0 fully saturated rings. The van der Waals surface area contributed by atoms with Crippen LogP contribution in [0.4, 0.5) is 0 Å². The van der Waals surface area contributed by atoms with Crippen LogP contribution in [0.15, 0.2) is 43.5 Å². The molecule has 0 aromatic heterocycles. The largest absolute Gasteiger partial charge is 0.423 e. The zero-order valence-corrected chi connectivity index (χ0v) is 9.32. The minimum Gasteiger partial charge on any atom is -0.423 e. The molecule has 0 radical (unpaired) electrons. The van der Waals surface area contributed by atoms with E-state index in [-0.39, 0.29) is 0 Å². The number of hydrogen-bond donors (Lipinski definition) is 0. The highest BCUT2D eigenvalue weighted by Crippen LogP contribution is 2.20. The van der Waals surface area contributed by atoms with Gasteiger partial charge < -0.3 is 4.74 Å². The van der Waals surface area contributed by atoms with Gasteiger partial charge in [0.15, 0.2) is 0 Å². The third-order valence-corrected chi connectivity index (χ3v) is 2.06. The summed E-state index contributed by atoms with van der Waals surface area (Å²) >= 11 is 0. The minimum absolute atomic E-state index is 0.368. The molecular weight excluding hydrogens is 200 g/mol. The highest BCUT2D eigenvalue weighted by atomic mass is 16.5. The fourth-order valence-corrected chi connectivity index (χ4v) is 1.17. The van der Waals surface area contributed by atoms with E-state index in [0.29, 0.717) is 11.3 Å². The maximum absolute atomic E-state index is 11.3. The second-order valence-electron chi connectivity index (χ2n) is 3.37. The van der Waals surface area contributed by atoms with Crippen LogP contribution < -0.4 is 4.74 Å². The minimum atomic E-state index is -0.429. The molecule has 0 aliphatic carbocycles. The molecule has 0 unspecified atom stereocenters. The zero-order valence-electron chi connectivity index (χ0n) is 9.32. The van der Waals surface area contributed by atoms with Crippen molar-refractivity contribution in [1.82, 2.24) is 0 Å². The van der Waals surface area contributed by atoms with Gasteiger partial charge in [-0.15, -0.1) is 0 Å². The summed E-state index contributed by atoms with van der Waals surface area (Å²) in [5.41, 5.74) is 2.19. The first kappa shape index (κ1) is 12.0. The Kier molecular flexibility index (Phi) is 3.84. The quantitative estimate of drug-likeness (QED) is 0.436. The van der Waals surface area contributed by atoms with E-state index in [0.717, 1.165) is 11.1 Å². The van der Waals surface area contributed by atoms with Crippen molar-refractivity contribution in [2.24, 2.45) is 0 Å². The number of ether oxygens (including phenoxy) is 1. The molecule has 16 heavy (non-hydrogen) atoms. The average molecular weight is 214 g/mol. The summed E-state index contributed by atoms with van der Waals surface area (Å²) in [6.07, 6.45) is 3.41. The highest BCUT2D eigenvalue weighted by molar-refractivity contribution is 5.88. The Labute approximate surface area is 95.6 Å². The van der Waals surface area contributed by atoms with Crippen molar-refractivity contribution in [1.29, 1.82) is 0 Å². The van der Waals surface area contributed by atoms with Gasteiger partial charge in [0.1, 0.15) is 5.75 Å². The van der Waals surface area contributed by atoms with Gasteiger partial charge in [0.05, 0.1) is 0 Å². The fourth-order valence-electron chi connectivity index (χ4n) is 1.17. The molecule has 0 bridgehead atoms. The van der Waals surface area contributed by atoms with Crippen molar-refractivity contribution < 1.29 is 9.53 Å². The van der Waals surface area contributed by atoms with E-state index in [4.69, 9.17) is 4.74 Å². The Morgan fingerprint density at radius 2 is 1.88 bits per heavy atom. The third-order valence-electron chi connectivity index (χ3n) is 2.06. The lowest BCUT2D eigenvalue weighted by Gasteiger charge is -2.06. The number of esters is 1. The molecule has 1 rings (SSSR count). The fraction of sp³-hybridized carbons (Fsp3) is 0.0714. The summed E-state index contributed by atoms with van der Waals surface area (Å²) in [7, 11) is 0. The molecule has 1 aromatic carbocycles. The van der Waals surface area contributed by atoms with E-state index in [1.807, 2.05) is 6.07 Å². The van der Waals surface area contributed by atoms with Crippen molar-refractivity contribution >= 4 is 18.1 Å². The molecule has 0 aliphatic rings. The van der Waals surface area contributed by atoms with E-state index < -0.39 is 5.97 Å². The van der Waals surface area contributed by atoms with Crippen LogP contribution in [0.5, 0.6) is 5.75 Å². The Hall–Kier alpha value is -2.09. The van der Waals surface area contributed by atoms with Crippen molar-refractivity contribution in [2.75, 3.05) is 0 Å². The van der Waals surface area contributed by atoms with Crippen LogP contribution in [-0.2, 0) is 4.79 Å². The predicted octanol–water partition coefficient (Wildman–Crippen LogP) is 3.45. The SMILES string of the molecule is C=Cc1ccc(OC(=O)C(=C)C)cc1C=C. The van der Waals surface area contributed by atoms with Crippen LogP contribution in [0.2, 0.25) is 0 Å². The maximum Gasteiger partial charge on any atom is 0.338 e. The zero-order chi connectivity index (χ0) is 12.1. The molecule has 2 heteroatoms. The number of benzene rings is 1. The van der Waals surface area contributed by atoms with Gasteiger partial charge in [-0.3, -0.25) is 0 Å². The molecule has 0 saturated carbocycles. The Morgan fingerprint density at radius 1 is 1.25 bits per heavy atom. The molecule has 0 N–H and O–H groups in total. The lowest BCUT2D eigenvalue weighted by Crippen LogP contribution is -2.08. The summed E-state index contributed by atoms with van der Waals surface area (Å²) in [6, 6.07) is 5.28. The van der Waals surface area contributed by atoms with Gasteiger partial charge in [0.2, 0.25) is 0 Å². The first-order valence-corrected chi connectivity index (χ1v) is 4.85. The maximum atomic E-state index is 11.3. The van der Waals surface area contributed by atoms with Crippen molar-refractivity contribution in [3.63, 3.8) is 0 Å². The predicted molar refractivity (Wildman–Crippen MR) is 67.1 cm³/mol. The standard InChI is InChI=1S/C14H14O2/c1-5-11-7-8-13(9-12(11)6-2)16-14(15)10(3)4/h5-9H,1-3H2,4H3. The van der Waals surface area contributed by atoms with E-state index in [1.54, 1.807) is 31.2 Å². The van der Waals surface area contributed by atoms with E-state index in [9.17, 15) is 4.79 Å². The number of carbonyl (C=O) groups excluding carboxylic acids is 1. The van der Waals surface area contributed by atoms with E-state index >= 15 is 0 Å². The smallest absolute Gasteiger partial charge is 0.338 e. The topological polar surface area (TPSA) is 26.3 Å². The summed E-state index contributed by atoms with van der Waals surface area (Å²) in [4.78, 5) is 11.3. The molecule has 0 saturated heterocycles. The Bertz CT molecular complexity index is 456. The second kappa shape index (κ2) is 5.12. The summed E-state index contributed by atoms with van der Waals surface area (Å²) in [5, 5.41) is 0. The molecular formula is C14H14O2. The van der Waals surface area contributed by atoms with Gasteiger partial charge in [-0.2, -0.15) is 0 Å². The first-order valence-electron chi connectivity index (χ1n) is 4.85. The van der Waals surface area contributed by atoms with Crippen LogP contribution >= 0.6 is 0 Å². The van der Waals surface area contributed by atoms with Gasteiger partial charge in [-0.25, -0.2) is 4.79 Å². The molecule has 0 aliphatic heterocycles. The second-order valence-corrected chi connectivity index (χ2v) is 3.37. The normalized spacial score (nSPS) is 9.31. The number of rotatable bonds is 4. The van der Waals surface area contributed by atoms with Crippen LogP contribution in [0.25, 0.3) is 12.2 Å². The third kappa shape index (κ3) is 2.70. The van der Waals surface area contributed by atoms with E-state index in [1.165, 1.54) is 0 Å². The first-order chi connectivity index (χ1) is 7.58. The highest BCUT2D eigenvalue weighted by Gasteiger charge is 2.06. The van der Waals surface area contributed by atoms with Crippen molar-refractivity contribution in [3.05, 3.63) is 54.6 Å². The van der Waals surface area contributed by atoms with Crippen LogP contribution in [-0.4, -0.2) is 5.97 Å². The van der Waals surface area contributed by atoms with Crippen LogP contribution in [0.1, 0.15) is 18.1 Å². The number of hydrogen-bond acceptors (Lipinski definition) is 2. The monoisotopic (exact) mass is 214 g/mol. The average Bonchev–Trinajstić information content (AvgIpc) is 2.28. The summed E-state index contributed by atoms with van der Waals surface area (Å²) < 4.78 is 5.10. The van der Waals surface area contributed by atoms with E-state index in [2.05, 4.69) is 19.7 Å². The number of carbonyl (C=O) groups is 1. The lowest BCUT2D eigenvalue weighted by atomic mass is 10.1. The molecule has 0 atom stereocenters. The molecule has 82 valence electrons. The molecule has 1 aromatic rings. The van der Waals surface area contributed by atoms with Crippen molar-refractivity contribution in [3.8, 4) is 5.75 Å². The lowest BCUT2D eigenvalue weighted by molar-refractivity contribution is -0.130. The van der Waals surface area contributed by atoms with Gasteiger partial charge in [-0.05, 0) is 30.2 Å². The van der Waals surface area contributed by atoms with Crippen LogP contribution in [0, 0.1) is 0 Å². The van der Waals surface area contributed by atoms with Crippen LogP contribution in [0.3, 0.4) is 0 Å². The molecule has 2 nitrogen and oxygen atoms in total. The summed E-state index contributed by atoms with van der Waals surface area (Å²) in [6.45, 7) is 12.5. The molecule has 0 amide bonds.